The van der Waals surface area contributed by atoms with Crippen LogP contribution in [-0.4, -0.2) is 29.4 Å². The van der Waals surface area contributed by atoms with E-state index in [9.17, 15) is 18.0 Å². The maximum Gasteiger partial charge on any atom is 0.411 e. The number of hydrogen-bond acceptors (Lipinski definition) is 2. The average molecular weight is 309 g/mol. The minimum absolute atomic E-state index is 0.0879. The van der Waals surface area contributed by atoms with Crippen molar-refractivity contribution in [3.63, 3.8) is 0 Å². The number of hydrogen-bond donors (Lipinski definition) is 2. The lowest BCUT2D eigenvalue weighted by atomic mass is 10.1. The summed E-state index contributed by atoms with van der Waals surface area (Å²) < 4.78 is 40.2. The number of halogens is 4. The van der Waals surface area contributed by atoms with Crippen LogP contribution in [0.4, 0.5) is 13.2 Å². The zero-order valence-electron chi connectivity index (χ0n) is 10.3. The van der Waals surface area contributed by atoms with E-state index in [0.717, 1.165) is 0 Å². The van der Waals surface area contributed by atoms with Gasteiger partial charge in [-0.1, -0.05) is 6.07 Å². The van der Waals surface area contributed by atoms with Crippen molar-refractivity contribution in [1.82, 2.24) is 9.97 Å². The van der Waals surface area contributed by atoms with Gasteiger partial charge >= 0.3 is 11.9 Å². The standard InChI is InChI=1S/C12H12ClF3N2O2/c13-8(3-4-20-6-12(14,15)16)7-1-2-9-10(5-7)18-11(19)17-9/h1-2,5,8H,3-4,6H2,(H2,17,18,19). The summed E-state index contributed by atoms with van der Waals surface area (Å²) in [5, 5.41) is -0.481. The third kappa shape index (κ3) is 4.01. The van der Waals surface area contributed by atoms with E-state index in [4.69, 9.17) is 11.6 Å². The molecule has 0 bridgehead atoms. The second-order valence-electron chi connectivity index (χ2n) is 4.31. The zero-order chi connectivity index (χ0) is 14.8. The topological polar surface area (TPSA) is 57.9 Å². The van der Waals surface area contributed by atoms with E-state index in [0.29, 0.717) is 16.6 Å². The van der Waals surface area contributed by atoms with E-state index in [1.807, 2.05) is 0 Å². The number of ether oxygens (including phenoxy) is 1. The maximum atomic E-state index is 11.9. The van der Waals surface area contributed by atoms with Crippen LogP contribution in [0.3, 0.4) is 0 Å². The van der Waals surface area contributed by atoms with Gasteiger partial charge in [-0.3, -0.25) is 0 Å². The van der Waals surface area contributed by atoms with Crippen molar-refractivity contribution >= 4 is 22.6 Å². The number of aromatic nitrogens is 2. The minimum Gasteiger partial charge on any atom is -0.372 e. The average Bonchev–Trinajstić information content (AvgIpc) is 2.72. The highest BCUT2D eigenvalue weighted by Gasteiger charge is 2.27. The van der Waals surface area contributed by atoms with Crippen molar-refractivity contribution in [3.05, 3.63) is 34.2 Å². The van der Waals surface area contributed by atoms with Crippen molar-refractivity contribution in [2.24, 2.45) is 0 Å². The van der Waals surface area contributed by atoms with Crippen LogP contribution in [0, 0.1) is 0 Å². The molecule has 2 rings (SSSR count). The monoisotopic (exact) mass is 308 g/mol. The van der Waals surface area contributed by atoms with Gasteiger partial charge in [0.2, 0.25) is 0 Å². The van der Waals surface area contributed by atoms with Gasteiger partial charge in [-0.15, -0.1) is 11.6 Å². The number of benzene rings is 1. The number of alkyl halides is 4. The van der Waals surface area contributed by atoms with Gasteiger partial charge in [0.1, 0.15) is 6.61 Å². The van der Waals surface area contributed by atoms with Gasteiger partial charge in [0, 0.05) is 6.61 Å². The highest BCUT2D eigenvalue weighted by molar-refractivity contribution is 6.20. The van der Waals surface area contributed by atoms with E-state index < -0.39 is 18.2 Å². The van der Waals surface area contributed by atoms with Crippen molar-refractivity contribution in [2.45, 2.75) is 18.0 Å². The van der Waals surface area contributed by atoms with E-state index >= 15 is 0 Å². The van der Waals surface area contributed by atoms with Gasteiger partial charge in [0.25, 0.3) is 0 Å². The van der Waals surface area contributed by atoms with E-state index in [-0.39, 0.29) is 18.7 Å². The Bertz CT molecular complexity index is 635. The molecular weight excluding hydrogens is 297 g/mol. The molecule has 110 valence electrons. The molecule has 1 heterocycles. The Kier molecular flexibility index (Phi) is 4.39. The van der Waals surface area contributed by atoms with Crippen LogP contribution in [0.15, 0.2) is 23.0 Å². The Labute approximate surface area is 116 Å². The molecule has 1 atom stereocenters. The molecule has 1 unspecified atom stereocenters. The molecule has 2 aromatic rings. The first-order valence-electron chi connectivity index (χ1n) is 5.86. The fourth-order valence-corrected chi connectivity index (χ4v) is 2.01. The normalized spacial score (nSPS) is 13.8. The molecule has 0 aliphatic carbocycles. The van der Waals surface area contributed by atoms with Gasteiger partial charge in [-0.25, -0.2) is 4.79 Å². The Morgan fingerprint density at radius 3 is 2.65 bits per heavy atom. The number of rotatable bonds is 5. The summed E-state index contributed by atoms with van der Waals surface area (Å²) in [4.78, 5) is 16.3. The lowest BCUT2D eigenvalue weighted by molar-refractivity contribution is -0.174. The lowest BCUT2D eigenvalue weighted by Gasteiger charge is -2.11. The van der Waals surface area contributed by atoms with Gasteiger partial charge in [-0.2, -0.15) is 13.2 Å². The Hall–Kier alpha value is -1.47. The third-order valence-corrected chi connectivity index (χ3v) is 3.15. The van der Waals surface area contributed by atoms with Crippen LogP contribution in [0.5, 0.6) is 0 Å². The van der Waals surface area contributed by atoms with Crippen LogP contribution in [0.25, 0.3) is 11.0 Å². The number of imidazole rings is 1. The highest BCUT2D eigenvalue weighted by atomic mass is 35.5. The summed E-state index contributed by atoms with van der Waals surface area (Å²) in [5.74, 6) is 0. The Morgan fingerprint density at radius 2 is 1.95 bits per heavy atom. The zero-order valence-corrected chi connectivity index (χ0v) is 11.0. The van der Waals surface area contributed by atoms with Gasteiger partial charge in [0.15, 0.2) is 0 Å². The molecule has 20 heavy (non-hydrogen) atoms. The molecule has 0 spiro atoms. The predicted molar refractivity (Wildman–Crippen MR) is 69.0 cm³/mol. The fourth-order valence-electron chi connectivity index (χ4n) is 1.79. The van der Waals surface area contributed by atoms with E-state index in [1.165, 1.54) is 0 Å². The molecule has 0 fully saturated rings. The van der Waals surface area contributed by atoms with Crippen molar-refractivity contribution in [3.8, 4) is 0 Å². The van der Waals surface area contributed by atoms with Gasteiger partial charge in [0.05, 0.1) is 16.4 Å². The molecule has 0 radical (unpaired) electrons. The summed E-state index contributed by atoms with van der Waals surface area (Å²) in [6, 6.07) is 5.09. The summed E-state index contributed by atoms with van der Waals surface area (Å²) in [7, 11) is 0. The summed E-state index contributed by atoms with van der Waals surface area (Å²) >= 11 is 6.10. The first-order chi connectivity index (χ1) is 9.35. The Morgan fingerprint density at radius 1 is 1.25 bits per heavy atom. The summed E-state index contributed by atoms with van der Waals surface area (Å²) in [6.07, 6.45) is -4.08. The first kappa shape index (κ1) is 14.9. The lowest BCUT2D eigenvalue weighted by Crippen LogP contribution is -2.17. The Balaban J connectivity index is 1.93. The number of H-pyrrole nitrogens is 2. The molecule has 0 aliphatic rings. The molecule has 1 aromatic heterocycles. The number of nitrogens with one attached hydrogen (secondary N) is 2. The molecule has 2 N–H and O–H groups in total. The summed E-state index contributed by atoms with van der Waals surface area (Å²) in [5.41, 5.74) is 1.65. The van der Waals surface area contributed by atoms with E-state index in [2.05, 4.69) is 14.7 Å². The van der Waals surface area contributed by atoms with Gasteiger partial charge < -0.3 is 14.7 Å². The molecule has 0 aliphatic heterocycles. The quantitative estimate of drug-likeness (QED) is 0.658. The van der Waals surface area contributed by atoms with Crippen molar-refractivity contribution < 1.29 is 17.9 Å². The van der Waals surface area contributed by atoms with E-state index in [1.54, 1.807) is 18.2 Å². The van der Waals surface area contributed by atoms with Crippen LogP contribution in [0.1, 0.15) is 17.4 Å². The number of fused-ring (bicyclic) bond motifs is 1. The first-order valence-corrected chi connectivity index (χ1v) is 6.29. The molecule has 0 saturated carbocycles. The molecule has 0 saturated heterocycles. The van der Waals surface area contributed by atoms with Crippen LogP contribution in [-0.2, 0) is 4.74 Å². The second-order valence-corrected chi connectivity index (χ2v) is 4.83. The molecule has 8 heteroatoms. The third-order valence-electron chi connectivity index (χ3n) is 2.68. The van der Waals surface area contributed by atoms with Crippen LogP contribution >= 0.6 is 11.6 Å². The SMILES string of the molecule is O=c1[nH]c2ccc(C(Cl)CCOCC(F)(F)F)cc2[nH]1. The molecule has 4 nitrogen and oxygen atoms in total. The van der Waals surface area contributed by atoms with Crippen molar-refractivity contribution in [2.75, 3.05) is 13.2 Å². The molecule has 1 aromatic carbocycles. The van der Waals surface area contributed by atoms with Crippen LogP contribution < -0.4 is 5.69 Å². The molecule has 0 amide bonds. The predicted octanol–water partition coefficient (Wildman–Crippen LogP) is 3.11. The van der Waals surface area contributed by atoms with Gasteiger partial charge in [-0.05, 0) is 24.1 Å². The summed E-state index contributed by atoms with van der Waals surface area (Å²) in [6.45, 7) is -1.36. The molecular formula is C12H12ClF3N2O2. The smallest absolute Gasteiger partial charge is 0.372 e. The fraction of sp³-hybridized carbons (Fsp3) is 0.417. The highest BCUT2D eigenvalue weighted by Crippen LogP contribution is 2.26. The van der Waals surface area contributed by atoms with Crippen molar-refractivity contribution in [1.29, 1.82) is 0 Å². The number of aromatic amines is 2. The minimum atomic E-state index is -4.33. The van der Waals surface area contributed by atoms with Crippen LogP contribution in [0.2, 0.25) is 0 Å². The maximum absolute atomic E-state index is 11.9. The second kappa shape index (κ2) is 5.88. The largest absolute Gasteiger partial charge is 0.411 e.